The van der Waals surface area contributed by atoms with E-state index < -0.39 is 23.8 Å². The van der Waals surface area contributed by atoms with Crippen LogP contribution in [0, 0.1) is 6.92 Å². The van der Waals surface area contributed by atoms with Gasteiger partial charge in [0.1, 0.15) is 17.7 Å². The van der Waals surface area contributed by atoms with Crippen molar-refractivity contribution in [2.75, 3.05) is 5.32 Å². The van der Waals surface area contributed by atoms with Gasteiger partial charge in [-0.15, -0.1) is 0 Å². The molecule has 0 heterocycles. The fourth-order valence-corrected chi connectivity index (χ4v) is 5.15. The Bertz CT molecular complexity index is 1360. The molecule has 0 bridgehead atoms. The molecule has 7 nitrogen and oxygen atoms in total. The SMILES string of the molecule is CCc1ccc(C(C(=O)Nc2ccccc2C)N(C(=O)C(Cc2ccccc2)NC(=O)OC(C)(C)C)C2CCC2)cc1. The lowest BCUT2D eigenvalue weighted by atomic mass is 9.87. The highest BCUT2D eigenvalue weighted by molar-refractivity contribution is 5.99. The average molecular weight is 570 g/mol. The summed E-state index contributed by atoms with van der Waals surface area (Å²) < 4.78 is 5.55. The van der Waals surface area contributed by atoms with E-state index in [9.17, 15) is 14.4 Å². The quantitative estimate of drug-likeness (QED) is 0.283. The maximum atomic E-state index is 14.6. The van der Waals surface area contributed by atoms with Crippen molar-refractivity contribution in [1.82, 2.24) is 10.2 Å². The zero-order valence-electron chi connectivity index (χ0n) is 25.4. The molecule has 1 aliphatic rings. The number of benzene rings is 3. The van der Waals surface area contributed by atoms with Gasteiger partial charge in [0.05, 0.1) is 0 Å². The van der Waals surface area contributed by atoms with Crippen LogP contribution in [0.4, 0.5) is 10.5 Å². The molecule has 3 aromatic carbocycles. The topological polar surface area (TPSA) is 87.7 Å². The van der Waals surface area contributed by atoms with E-state index in [0.717, 1.165) is 47.9 Å². The molecule has 1 fully saturated rings. The van der Waals surface area contributed by atoms with Crippen molar-refractivity contribution in [3.05, 3.63) is 101 Å². The summed E-state index contributed by atoms with van der Waals surface area (Å²) >= 11 is 0. The van der Waals surface area contributed by atoms with Crippen molar-refractivity contribution < 1.29 is 19.1 Å². The summed E-state index contributed by atoms with van der Waals surface area (Å²) in [7, 11) is 0. The molecule has 2 unspecified atom stereocenters. The Hall–Kier alpha value is -4.13. The second-order valence-electron chi connectivity index (χ2n) is 12.0. The molecule has 0 spiro atoms. The van der Waals surface area contributed by atoms with Gasteiger partial charge in [0.15, 0.2) is 0 Å². The number of alkyl carbamates (subject to hydrolysis) is 1. The van der Waals surface area contributed by atoms with Gasteiger partial charge in [0, 0.05) is 18.2 Å². The molecule has 4 rings (SSSR count). The minimum atomic E-state index is -0.925. The standard InChI is InChI=1S/C35H43N3O4/c1-6-25-19-21-27(22-20-25)31(32(39)36-29-18-11-10-13-24(29)2)38(28-16-12-17-28)33(40)30(23-26-14-8-7-9-15-26)37-34(41)42-35(3,4)5/h7-11,13-15,18-22,28,30-31H,6,12,16-17,23H2,1-5H3,(H,36,39)(H,37,41). The fraction of sp³-hybridized carbons (Fsp3) is 0.400. The number of nitrogens with zero attached hydrogens (tertiary/aromatic N) is 1. The maximum Gasteiger partial charge on any atom is 0.408 e. The Morgan fingerprint density at radius 2 is 1.55 bits per heavy atom. The molecule has 2 atom stereocenters. The minimum Gasteiger partial charge on any atom is -0.444 e. The summed E-state index contributed by atoms with van der Waals surface area (Å²) in [6.45, 7) is 9.38. The van der Waals surface area contributed by atoms with Crippen LogP contribution in [0.1, 0.15) is 75.3 Å². The number of anilines is 1. The summed E-state index contributed by atoms with van der Waals surface area (Å²) in [5, 5.41) is 5.94. The van der Waals surface area contributed by atoms with Crippen molar-refractivity contribution in [3.8, 4) is 0 Å². The highest BCUT2D eigenvalue weighted by Crippen LogP contribution is 2.35. The molecule has 42 heavy (non-hydrogen) atoms. The Balaban J connectivity index is 1.75. The molecule has 2 N–H and O–H groups in total. The summed E-state index contributed by atoms with van der Waals surface area (Å²) in [6.07, 6.45) is 3.01. The minimum absolute atomic E-state index is 0.130. The van der Waals surface area contributed by atoms with Crippen molar-refractivity contribution in [1.29, 1.82) is 0 Å². The number of carbonyl (C=O) groups excluding carboxylic acids is 3. The number of rotatable bonds is 10. The Labute approximate surface area is 249 Å². The number of amides is 3. The van der Waals surface area contributed by atoms with E-state index in [0.29, 0.717) is 5.69 Å². The zero-order valence-corrected chi connectivity index (χ0v) is 25.4. The van der Waals surface area contributed by atoms with Crippen molar-refractivity contribution in [3.63, 3.8) is 0 Å². The van der Waals surface area contributed by atoms with Gasteiger partial charge in [-0.3, -0.25) is 9.59 Å². The van der Waals surface area contributed by atoms with Gasteiger partial charge in [0.2, 0.25) is 5.91 Å². The summed E-state index contributed by atoms with van der Waals surface area (Å²) in [5.74, 6) is -0.594. The third-order valence-corrected chi connectivity index (χ3v) is 7.63. The number of nitrogens with one attached hydrogen (secondary N) is 2. The van der Waals surface area contributed by atoms with Crippen LogP contribution in [0.3, 0.4) is 0 Å². The number of hydrogen-bond acceptors (Lipinski definition) is 4. The van der Waals surface area contributed by atoms with E-state index in [1.807, 2.05) is 85.8 Å². The second kappa shape index (κ2) is 13.7. The number of aryl methyl sites for hydroxylation is 2. The van der Waals surface area contributed by atoms with Crippen LogP contribution in [-0.4, -0.2) is 40.5 Å². The number of para-hydroxylation sites is 1. The van der Waals surface area contributed by atoms with Gasteiger partial charge in [0.25, 0.3) is 5.91 Å². The van der Waals surface area contributed by atoms with Gasteiger partial charge in [-0.1, -0.05) is 79.7 Å². The van der Waals surface area contributed by atoms with Crippen LogP contribution in [0.2, 0.25) is 0 Å². The highest BCUT2D eigenvalue weighted by Gasteiger charge is 2.42. The predicted molar refractivity (Wildman–Crippen MR) is 166 cm³/mol. The molecular formula is C35H43N3O4. The van der Waals surface area contributed by atoms with E-state index in [4.69, 9.17) is 4.74 Å². The summed E-state index contributed by atoms with van der Waals surface area (Å²) in [4.78, 5) is 43.5. The largest absolute Gasteiger partial charge is 0.444 e. The number of carbonyl (C=O) groups is 3. The Morgan fingerprint density at radius 3 is 2.12 bits per heavy atom. The van der Waals surface area contributed by atoms with Gasteiger partial charge >= 0.3 is 6.09 Å². The molecule has 1 saturated carbocycles. The van der Waals surface area contributed by atoms with Gasteiger partial charge in [-0.25, -0.2) is 4.79 Å². The van der Waals surface area contributed by atoms with Crippen LogP contribution in [0.5, 0.6) is 0 Å². The van der Waals surface area contributed by atoms with E-state index in [1.54, 1.807) is 25.7 Å². The number of ether oxygens (including phenoxy) is 1. The lowest BCUT2D eigenvalue weighted by Crippen LogP contribution is -2.57. The Morgan fingerprint density at radius 1 is 0.905 bits per heavy atom. The monoisotopic (exact) mass is 569 g/mol. The average Bonchev–Trinajstić information content (AvgIpc) is 2.92. The van der Waals surface area contributed by atoms with Crippen LogP contribution < -0.4 is 10.6 Å². The van der Waals surface area contributed by atoms with E-state index in [2.05, 4.69) is 17.6 Å². The lowest BCUT2D eigenvalue weighted by molar-refractivity contribution is -0.145. The number of hydrogen-bond donors (Lipinski definition) is 2. The maximum absolute atomic E-state index is 14.6. The molecule has 0 saturated heterocycles. The van der Waals surface area contributed by atoms with Crippen molar-refractivity contribution in [2.24, 2.45) is 0 Å². The molecule has 0 aliphatic heterocycles. The van der Waals surface area contributed by atoms with Crippen molar-refractivity contribution >= 4 is 23.6 Å². The summed E-state index contributed by atoms with van der Waals surface area (Å²) in [6, 6.07) is 23.1. The first-order valence-electron chi connectivity index (χ1n) is 14.9. The van der Waals surface area contributed by atoms with Crippen LogP contribution >= 0.6 is 0 Å². The molecule has 0 aromatic heterocycles. The van der Waals surface area contributed by atoms with Gasteiger partial charge < -0.3 is 20.3 Å². The zero-order chi connectivity index (χ0) is 30.3. The molecule has 3 amide bonds. The molecular weight excluding hydrogens is 526 g/mol. The third kappa shape index (κ3) is 7.99. The van der Waals surface area contributed by atoms with E-state index in [-0.39, 0.29) is 24.3 Å². The van der Waals surface area contributed by atoms with E-state index >= 15 is 0 Å². The van der Waals surface area contributed by atoms with Crippen LogP contribution in [0.15, 0.2) is 78.9 Å². The van der Waals surface area contributed by atoms with Crippen molar-refractivity contribution in [2.45, 2.75) is 90.4 Å². The van der Waals surface area contributed by atoms with Gasteiger partial charge in [-0.2, -0.15) is 0 Å². The molecule has 1 aliphatic carbocycles. The first-order valence-corrected chi connectivity index (χ1v) is 14.9. The first-order chi connectivity index (χ1) is 20.1. The molecule has 0 radical (unpaired) electrons. The third-order valence-electron chi connectivity index (χ3n) is 7.63. The normalized spacial score (nSPS) is 14.7. The fourth-order valence-electron chi connectivity index (χ4n) is 5.15. The smallest absolute Gasteiger partial charge is 0.408 e. The van der Waals surface area contributed by atoms with Gasteiger partial charge in [-0.05, 0) is 81.7 Å². The van der Waals surface area contributed by atoms with E-state index in [1.165, 1.54) is 0 Å². The first kappa shape index (κ1) is 30.8. The summed E-state index contributed by atoms with van der Waals surface area (Å²) in [5.41, 5.74) is 3.68. The molecule has 3 aromatic rings. The van der Waals surface area contributed by atoms with Crippen LogP contribution in [-0.2, 0) is 27.2 Å². The predicted octanol–water partition coefficient (Wildman–Crippen LogP) is 6.75. The Kier molecular flexibility index (Phi) is 10.0. The molecule has 7 heteroatoms. The highest BCUT2D eigenvalue weighted by atomic mass is 16.6. The van der Waals surface area contributed by atoms with Crippen LogP contribution in [0.25, 0.3) is 0 Å². The molecule has 222 valence electrons. The lowest BCUT2D eigenvalue weighted by Gasteiger charge is -2.43. The second-order valence-corrected chi connectivity index (χ2v) is 12.0.